The van der Waals surface area contributed by atoms with Crippen molar-refractivity contribution in [1.82, 2.24) is 9.88 Å². The molecular weight excluding hydrogens is 561 g/mol. The molecule has 0 aliphatic carbocycles. The fourth-order valence-electron chi connectivity index (χ4n) is 5.29. The molecule has 1 aliphatic heterocycles. The van der Waals surface area contributed by atoms with E-state index in [1.54, 1.807) is 22.9 Å². The van der Waals surface area contributed by atoms with Gasteiger partial charge in [0.15, 0.2) is 0 Å². The Balaban J connectivity index is 1.22. The molecule has 0 bridgehead atoms. The van der Waals surface area contributed by atoms with Gasteiger partial charge >= 0.3 is 12.3 Å². The lowest BCUT2D eigenvalue weighted by Crippen LogP contribution is -2.59. The smallest absolute Gasteiger partial charge is 0.416 e. The van der Waals surface area contributed by atoms with Gasteiger partial charge in [-0.25, -0.2) is 4.79 Å². The SMILES string of the molecule is Cc1cc(NCCC=CCCSc2ccnc3cc(C(F)(F)F)ccc23)ccc1N1CCN(C(=O)O)C(C(C)(C)C)C1. The Kier molecular flexibility index (Phi) is 9.97. The van der Waals surface area contributed by atoms with Crippen molar-refractivity contribution in [3.05, 3.63) is 71.9 Å². The molecule has 6 nitrogen and oxygen atoms in total. The zero-order chi connectivity index (χ0) is 30.5. The van der Waals surface area contributed by atoms with E-state index in [1.165, 1.54) is 6.07 Å². The minimum Gasteiger partial charge on any atom is -0.465 e. The van der Waals surface area contributed by atoms with Crippen LogP contribution in [0.15, 0.2) is 65.7 Å². The zero-order valence-electron chi connectivity index (χ0n) is 24.5. The van der Waals surface area contributed by atoms with Crippen LogP contribution < -0.4 is 10.2 Å². The largest absolute Gasteiger partial charge is 0.465 e. The average molecular weight is 601 g/mol. The molecule has 4 rings (SSSR count). The maximum atomic E-state index is 13.0. The number of carboxylic acid groups (broad SMARTS) is 1. The monoisotopic (exact) mass is 600 g/mol. The van der Waals surface area contributed by atoms with Gasteiger partial charge in [0.25, 0.3) is 0 Å². The first-order valence-corrected chi connectivity index (χ1v) is 15.2. The molecule has 10 heteroatoms. The molecule has 1 aliphatic rings. The third-order valence-corrected chi connectivity index (χ3v) is 8.65. The summed E-state index contributed by atoms with van der Waals surface area (Å²) in [6.07, 6.45) is 2.33. The first kappa shape index (κ1) is 31.5. The normalized spacial score (nSPS) is 16.4. The molecule has 3 aromatic rings. The second kappa shape index (κ2) is 13.3. The van der Waals surface area contributed by atoms with E-state index in [4.69, 9.17) is 0 Å². The summed E-state index contributed by atoms with van der Waals surface area (Å²) in [7, 11) is 0. The number of hydrogen-bond acceptors (Lipinski definition) is 5. The first-order chi connectivity index (χ1) is 19.8. The topological polar surface area (TPSA) is 68.7 Å². The molecule has 1 unspecified atom stereocenters. The Morgan fingerprint density at radius 3 is 2.55 bits per heavy atom. The zero-order valence-corrected chi connectivity index (χ0v) is 25.4. The van der Waals surface area contributed by atoms with Crippen molar-refractivity contribution in [3.8, 4) is 0 Å². The lowest BCUT2D eigenvalue weighted by atomic mass is 9.84. The van der Waals surface area contributed by atoms with E-state index in [9.17, 15) is 23.1 Å². The highest BCUT2D eigenvalue weighted by Crippen LogP contribution is 2.34. The summed E-state index contributed by atoms with van der Waals surface area (Å²) in [5.74, 6) is 0.821. The highest BCUT2D eigenvalue weighted by Gasteiger charge is 2.38. The van der Waals surface area contributed by atoms with Crippen LogP contribution >= 0.6 is 11.8 Å². The molecule has 0 saturated carbocycles. The second-order valence-corrected chi connectivity index (χ2v) is 12.8. The highest BCUT2D eigenvalue weighted by atomic mass is 32.2. The summed E-state index contributed by atoms with van der Waals surface area (Å²) in [6, 6.07) is 11.8. The van der Waals surface area contributed by atoms with Gasteiger partial charge in [-0.1, -0.05) is 39.0 Å². The number of amides is 1. The maximum Gasteiger partial charge on any atom is 0.416 e. The summed E-state index contributed by atoms with van der Waals surface area (Å²) in [4.78, 5) is 20.7. The van der Waals surface area contributed by atoms with Crippen LogP contribution in [-0.2, 0) is 6.18 Å². The number of nitrogens with zero attached hydrogens (tertiary/aromatic N) is 3. The van der Waals surface area contributed by atoms with E-state index < -0.39 is 17.8 Å². The number of pyridine rings is 1. The van der Waals surface area contributed by atoms with E-state index in [0.717, 1.165) is 64.5 Å². The van der Waals surface area contributed by atoms with Gasteiger partial charge in [0.2, 0.25) is 0 Å². The van der Waals surface area contributed by atoms with Crippen molar-refractivity contribution in [2.24, 2.45) is 5.41 Å². The van der Waals surface area contributed by atoms with Crippen molar-refractivity contribution >= 4 is 40.1 Å². The molecule has 1 atom stereocenters. The van der Waals surface area contributed by atoms with Gasteiger partial charge in [-0.2, -0.15) is 13.2 Å². The number of nitrogens with one attached hydrogen (secondary N) is 1. The summed E-state index contributed by atoms with van der Waals surface area (Å²) < 4.78 is 39.0. The van der Waals surface area contributed by atoms with Crippen LogP contribution in [0.3, 0.4) is 0 Å². The standard InChI is InChI=1S/C32H39F3N4O2S/c1-22-19-24(10-12-27(22)38-16-17-39(30(40)41)29(21-38)31(2,3)4)36-14-7-5-6-8-18-42-28-13-15-37-26-20-23(32(33,34)35)9-11-25(26)28/h5-6,9-13,15,19-20,29,36H,7-8,14,16-18,21H2,1-4H3,(H,40,41). The summed E-state index contributed by atoms with van der Waals surface area (Å²) >= 11 is 1.62. The molecule has 2 N–H and O–H groups in total. The minimum atomic E-state index is -4.38. The first-order valence-electron chi connectivity index (χ1n) is 14.2. The van der Waals surface area contributed by atoms with E-state index in [2.05, 4.69) is 73.2 Å². The molecule has 2 aromatic carbocycles. The van der Waals surface area contributed by atoms with Crippen molar-refractivity contribution in [1.29, 1.82) is 0 Å². The highest BCUT2D eigenvalue weighted by molar-refractivity contribution is 7.99. The van der Waals surface area contributed by atoms with Crippen LogP contribution in [0.5, 0.6) is 0 Å². The minimum absolute atomic E-state index is 0.0818. The Morgan fingerprint density at radius 1 is 1.10 bits per heavy atom. The number of thioether (sulfide) groups is 1. The van der Waals surface area contributed by atoms with Crippen LogP contribution in [0.2, 0.25) is 0 Å². The van der Waals surface area contributed by atoms with E-state index in [1.807, 2.05) is 6.07 Å². The molecule has 2 heterocycles. The Hall–Kier alpha value is -3.40. The lowest BCUT2D eigenvalue weighted by molar-refractivity contribution is -0.137. The van der Waals surface area contributed by atoms with Crippen LogP contribution in [0, 0.1) is 12.3 Å². The molecule has 0 spiro atoms. The molecule has 0 radical (unpaired) electrons. The molecular formula is C32H39F3N4O2S. The van der Waals surface area contributed by atoms with Gasteiger partial charge in [-0.15, -0.1) is 11.8 Å². The number of fused-ring (bicyclic) bond motifs is 1. The van der Waals surface area contributed by atoms with Crippen molar-refractivity contribution < 1.29 is 23.1 Å². The van der Waals surface area contributed by atoms with E-state index in [0.29, 0.717) is 25.2 Å². The Labute approximate surface area is 250 Å². The average Bonchev–Trinajstić information content (AvgIpc) is 2.93. The van der Waals surface area contributed by atoms with Crippen molar-refractivity contribution in [3.63, 3.8) is 0 Å². The number of rotatable bonds is 9. The van der Waals surface area contributed by atoms with E-state index >= 15 is 0 Å². The number of aryl methyl sites for hydroxylation is 1. The Bertz CT molecular complexity index is 1420. The molecule has 1 fully saturated rings. The fraction of sp³-hybridized carbons (Fsp3) is 0.438. The van der Waals surface area contributed by atoms with Gasteiger partial charge in [0, 0.05) is 59.8 Å². The van der Waals surface area contributed by atoms with Gasteiger partial charge in [-0.3, -0.25) is 4.98 Å². The molecule has 226 valence electrons. The molecule has 1 amide bonds. The van der Waals surface area contributed by atoms with Gasteiger partial charge in [0.05, 0.1) is 17.1 Å². The van der Waals surface area contributed by atoms with Crippen LogP contribution in [-0.4, -0.2) is 59.1 Å². The fourth-order valence-corrected chi connectivity index (χ4v) is 6.25. The number of allylic oxidation sites excluding steroid dienone is 1. The predicted molar refractivity (Wildman–Crippen MR) is 166 cm³/mol. The third-order valence-electron chi connectivity index (χ3n) is 7.54. The van der Waals surface area contributed by atoms with Gasteiger partial charge < -0.3 is 20.2 Å². The van der Waals surface area contributed by atoms with E-state index in [-0.39, 0.29) is 11.5 Å². The number of halogens is 3. The number of alkyl halides is 3. The predicted octanol–water partition coefficient (Wildman–Crippen LogP) is 8.32. The number of aromatic nitrogens is 1. The summed E-state index contributed by atoms with van der Waals surface area (Å²) in [5, 5.41) is 13.9. The van der Waals surface area contributed by atoms with Crippen LogP contribution in [0.4, 0.5) is 29.3 Å². The number of piperazine rings is 1. The molecule has 1 aromatic heterocycles. The van der Waals surface area contributed by atoms with Crippen molar-refractivity contribution in [2.75, 3.05) is 42.1 Å². The molecule has 1 saturated heterocycles. The Morgan fingerprint density at radius 2 is 1.86 bits per heavy atom. The second-order valence-electron chi connectivity index (χ2n) is 11.7. The van der Waals surface area contributed by atoms with Crippen LogP contribution in [0.25, 0.3) is 10.9 Å². The summed E-state index contributed by atoms with van der Waals surface area (Å²) in [5.41, 5.74) is 2.86. The number of benzene rings is 2. The van der Waals surface area contributed by atoms with Gasteiger partial charge in [0.1, 0.15) is 0 Å². The summed E-state index contributed by atoms with van der Waals surface area (Å²) in [6.45, 7) is 11.0. The third kappa shape index (κ3) is 7.91. The molecule has 42 heavy (non-hydrogen) atoms. The lowest BCUT2D eigenvalue weighted by Gasteiger charge is -2.47. The number of carbonyl (C=O) groups is 1. The van der Waals surface area contributed by atoms with Crippen molar-refractivity contribution in [2.45, 2.75) is 57.7 Å². The number of anilines is 2. The van der Waals surface area contributed by atoms with Gasteiger partial charge in [-0.05, 0) is 67.1 Å². The number of hydrogen-bond donors (Lipinski definition) is 2. The maximum absolute atomic E-state index is 13.0. The van der Waals surface area contributed by atoms with Crippen LogP contribution in [0.1, 0.15) is 44.7 Å². The quantitative estimate of drug-likeness (QED) is 0.146.